The van der Waals surface area contributed by atoms with Gasteiger partial charge in [0.25, 0.3) is 7.82 Å². The van der Waals surface area contributed by atoms with Crippen molar-refractivity contribution in [1.82, 2.24) is 0 Å². The van der Waals surface area contributed by atoms with Crippen molar-refractivity contribution in [2.75, 3.05) is 47.5 Å². The maximum atomic E-state index is 12.9. The summed E-state index contributed by atoms with van der Waals surface area (Å²) in [6.45, 7) is 4.13. The Balaban J connectivity index is 4.02. The maximum absolute atomic E-state index is 12.9. The Morgan fingerprint density at radius 2 is 0.679 bits per heavy atom. The second kappa shape index (κ2) is 64.2. The zero-order chi connectivity index (χ0) is 61.2. The highest BCUT2D eigenvalue weighted by molar-refractivity contribution is 7.45. The summed E-state index contributed by atoms with van der Waals surface area (Å²) in [7, 11) is 1.16. The van der Waals surface area contributed by atoms with Gasteiger partial charge in [0.15, 0.2) is 6.10 Å². The summed E-state index contributed by atoms with van der Waals surface area (Å²) in [6, 6.07) is 0. The van der Waals surface area contributed by atoms with Crippen LogP contribution in [0.3, 0.4) is 0 Å². The van der Waals surface area contributed by atoms with Crippen LogP contribution in [0.25, 0.3) is 0 Å². The normalized spacial score (nSPS) is 13.8. The molecule has 0 fully saturated rings. The zero-order valence-electron chi connectivity index (χ0n) is 55.1. The van der Waals surface area contributed by atoms with E-state index in [0.29, 0.717) is 17.4 Å². The Bertz CT molecular complexity index is 1790. The van der Waals surface area contributed by atoms with Crippen LogP contribution in [-0.4, -0.2) is 70.0 Å². The number of likely N-dealkylation sites (N-methyl/N-ethyl adjacent to an activating group) is 1. The molecular formula is C74H130NO8P. The highest BCUT2D eigenvalue weighted by Crippen LogP contribution is 2.38. The number of rotatable bonds is 63. The summed E-state index contributed by atoms with van der Waals surface area (Å²) in [4.78, 5) is 38.0. The van der Waals surface area contributed by atoms with E-state index in [9.17, 15) is 19.0 Å². The lowest BCUT2D eigenvalue weighted by Crippen LogP contribution is -2.37. The average Bonchev–Trinajstić information content (AvgIpc) is 3.61. The molecular weight excluding hydrogens is 1060 g/mol. The quantitative estimate of drug-likeness (QED) is 0.0195. The molecule has 0 aliphatic rings. The van der Waals surface area contributed by atoms with Gasteiger partial charge in [-0.25, -0.2) is 0 Å². The molecule has 0 bridgehead atoms. The van der Waals surface area contributed by atoms with Gasteiger partial charge in [-0.1, -0.05) is 290 Å². The van der Waals surface area contributed by atoms with E-state index < -0.39 is 26.5 Å². The van der Waals surface area contributed by atoms with Crippen molar-refractivity contribution in [2.45, 2.75) is 302 Å². The molecule has 0 aliphatic heterocycles. The Morgan fingerprint density at radius 3 is 1.01 bits per heavy atom. The minimum atomic E-state index is -4.65. The summed E-state index contributed by atoms with van der Waals surface area (Å²) in [5.74, 6) is -0.832. The first-order chi connectivity index (χ1) is 41.0. The summed E-state index contributed by atoms with van der Waals surface area (Å²) < 4.78 is 34.3. The number of nitrogens with zero attached hydrogens (tertiary/aromatic N) is 1. The van der Waals surface area contributed by atoms with Gasteiger partial charge in [-0.3, -0.25) is 14.2 Å². The topological polar surface area (TPSA) is 111 Å². The molecule has 0 aromatic carbocycles. The second-order valence-corrected chi connectivity index (χ2v) is 25.6. The molecule has 0 rings (SSSR count). The van der Waals surface area contributed by atoms with Crippen molar-refractivity contribution in [3.63, 3.8) is 0 Å². The van der Waals surface area contributed by atoms with Crippen LogP contribution in [0.4, 0.5) is 0 Å². The van der Waals surface area contributed by atoms with Crippen molar-refractivity contribution >= 4 is 19.8 Å². The van der Waals surface area contributed by atoms with Crippen LogP contribution < -0.4 is 4.89 Å². The van der Waals surface area contributed by atoms with Crippen molar-refractivity contribution < 1.29 is 42.1 Å². The fourth-order valence-corrected chi connectivity index (χ4v) is 10.2. The number of carbonyl (C=O) groups excluding carboxylic acids is 2. The van der Waals surface area contributed by atoms with Crippen LogP contribution in [0.5, 0.6) is 0 Å². The molecule has 484 valence electrons. The lowest BCUT2D eigenvalue weighted by Gasteiger charge is -2.28. The summed E-state index contributed by atoms with van der Waals surface area (Å²) in [5, 5.41) is 0. The standard InChI is InChI=1S/C74H130NO8P/c1-6-8-10-12-14-16-18-20-22-24-26-28-29-30-31-32-33-34-35-36-37-38-39-40-41-42-43-44-45-47-49-51-53-55-57-59-61-63-65-67-74(77)83-72(71-82-84(78,79)81-69-68-75(3,4)5)70-80-73(76)66-64-62-60-58-56-54-52-50-48-46-27-25-23-21-19-17-15-13-11-9-7-2/h8,10,14,16,19-22,25-28,30-31,33-34,36-37,72H,6-7,9,11-13,15,17-18,23-24,29,32,35,38-71H2,1-5H3/b10-8-,16-14-,21-19-,22-20-,27-25-,28-26-,31-30-,34-33-,37-36-. The van der Waals surface area contributed by atoms with Crippen molar-refractivity contribution in [3.05, 3.63) is 109 Å². The third kappa shape index (κ3) is 67.8. The molecule has 0 aliphatic carbocycles. The van der Waals surface area contributed by atoms with Crippen LogP contribution in [0, 0.1) is 0 Å². The molecule has 84 heavy (non-hydrogen) atoms. The monoisotopic (exact) mass is 1190 g/mol. The Labute approximate surface area is 518 Å². The van der Waals surface area contributed by atoms with Gasteiger partial charge in [-0.15, -0.1) is 0 Å². The van der Waals surface area contributed by atoms with Gasteiger partial charge in [0, 0.05) is 12.8 Å². The number of allylic oxidation sites excluding steroid dienone is 18. The number of phosphoric ester groups is 1. The van der Waals surface area contributed by atoms with Gasteiger partial charge in [0.2, 0.25) is 0 Å². The van der Waals surface area contributed by atoms with Gasteiger partial charge in [-0.2, -0.15) is 0 Å². The molecule has 0 aromatic rings. The third-order valence-corrected chi connectivity index (χ3v) is 15.7. The largest absolute Gasteiger partial charge is 0.756 e. The number of carbonyl (C=O) groups is 2. The van der Waals surface area contributed by atoms with Gasteiger partial charge in [0.1, 0.15) is 19.8 Å². The van der Waals surface area contributed by atoms with E-state index in [2.05, 4.69) is 123 Å². The van der Waals surface area contributed by atoms with Crippen LogP contribution in [0.1, 0.15) is 296 Å². The fourth-order valence-electron chi connectivity index (χ4n) is 9.49. The number of esters is 2. The predicted molar refractivity (Wildman–Crippen MR) is 360 cm³/mol. The number of phosphoric acid groups is 1. The number of unbranched alkanes of at least 4 members (excludes halogenated alkanes) is 31. The van der Waals surface area contributed by atoms with Gasteiger partial charge < -0.3 is 27.9 Å². The fraction of sp³-hybridized carbons (Fsp3) is 0.730. The van der Waals surface area contributed by atoms with Crippen LogP contribution >= 0.6 is 7.82 Å². The van der Waals surface area contributed by atoms with Gasteiger partial charge in [-0.05, 0) is 103 Å². The van der Waals surface area contributed by atoms with Gasteiger partial charge >= 0.3 is 11.9 Å². The number of hydrogen-bond donors (Lipinski definition) is 0. The third-order valence-electron chi connectivity index (χ3n) is 14.8. The van der Waals surface area contributed by atoms with E-state index >= 15 is 0 Å². The lowest BCUT2D eigenvalue weighted by molar-refractivity contribution is -0.870. The van der Waals surface area contributed by atoms with E-state index in [0.717, 1.165) is 96.3 Å². The van der Waals surface area contributed by atoms with Gasteiger partial charge in [0.05, 0.1) is 27.7 Å². The molecule has 0 aromatic heterocycles. The second-order valence-electron chi connectivity index (χ2n) is 24.2. The van der Waals surface area contributed by atoms with E-state index in [-0.39, 0.29) is 32.0 Å². The first-order valence-electron chi connectivity index (χ1n) is 34.6. The highest BCUT2D eigenvalue weighted by Gasteiger charge is 2.22. The zero-order valence-corrected chi connectivity index (χ0v) is 56.0. The maximum Gasteiger partial charge on any atom is 0.306 e. The predicted octanol–water partition coefficient (Wildman–Crippen LogP) is 21.9. The minimum Gasteiger partial charge on any atom is -0.756 e. The Hall–Kier alpha value is -3.33. The van der Waals surface area contributed by atoms with Crippen LogP contribution in [0.15, 0.2) is 109 Å². The Morgan fingerprint density at radius 1 is 0.381 bits per heavy atom. The molecule has 0 saturated heterocycles. The average molecular weight is 1190 g/mol. The van der Waals surface area contributed by atoms with Crippen LogP contribution in [-0.2, 0) is 32.7 Å². The highest BCUT2D eigenvalue weighted by atomic mass is 31.2. The SMILES string of the molecule is CC/C=C\C/C=C\C/C=C\C/C=C\C/C=C\C/C=C\C/C=C\CCCCCCCCCCCCCCCCCCCC(=O)OC(COC(=O)CCCCCCCCCCC/C=C\C/C=C\CCCCCCC)COP(=O)([O-])OCC[N+](C)(C)C. The number of hydrogen-bond acceptors (Lipinski definition) is 8. The molecule has 0 amide bonds. The molecule has 9 nitrogen and oxygen atoms in total. The molecule has 0 radical (unpaired) electrons. The van der Waals surface area contributed by atoms with Crippen molar-refractivity contribution in [3.8, 4) is 0 Å². The first-order valence-corrected chi connectivity index (χ1v) is 36.1. The van der Waals surface area contributed by atoms with E-state index in [1.165, 1.54) is 167 Å². The molecule has 0 heterocycles. The van der Waals surface area contributed by atoms with E-state index in [1.54, 1.807) is 0 Å². The molecule has 0 spiro atoms. The molecule has 2 atom stereocenters. The molecule has 2 unspecified atom stereocenters. The number of quaternary nitrogens is 1. The number of ether oxygens (including phenoxy) is 2. The van der Waals surface area contributed by atoms with E-state index in [1.807, 2.05) is 21.1 Å². The van der Waals surface area contributed by atoms with Crippen molar-refractivity contribution in [2.24, 2.45) is 0 Å². The smallest absolute Gasteiger partial charge is 0.306 e. The summed E-state index contributed by atoms with van der Waals surface area (Å²) in [6.07, 6.45) is 90.2. The molecule has 0 saturated carbocycles. The molecule has 10 heteroatoms. The Kier molecular flexibility index (Phi) is 61.6. The minimum absolute atomic E-state index is 0.0340. The first kappa shape index (κ1) is 80.7. The van der Waals surface area contributed by atoms with Crippen molar-refractivity contribution in [1.29, 1.82) is 0 Å². The molecule has 0 N–H and O–H groups in total. The van der Waals surface area contributed by atoms with Crippen LogP contribution in [0.2, 0.25) is 0 Å². The summed E-state index contributed by atoms with van der Waals surface area (Å²) >= 11 is 0. The van der Waals surface area contributed by atoms with E-state index in [4.69, 9.17) is 18.5 Å². The summed E-state index contributed by atoms with van der Waals surface area (Å²) in [5.41, 5.74) is 0. The lowest BCUT2D eigenvalue weighted by atomic mass is 10.0.